The van der Waals surface area contributed by atoms with Gasteiger partial charge in [0, 0.05) is 10.9 Å². The van der Waals surface area contributed by atoms with Crippen LogP contribution in [0.2, 0.25) is 0 Å². The van der Waals surface area contributed by atoms with Crippen molar-refractivity contribution in [2.24, 2.45) is 0 Å². The molecule has 0 aliphatic carbocycles. The fourth-order valence-electron chi connectivity index (χ4n) is 9.28. The first-order valence-corrected chi connectivity index (χ1v) is 19.7. The molecule has 0 unspecified atom stereocenters. The van der Waals surface area contributed by atoms with Crippen molar-refractivity contribution in [1.29, 1.82) is 0 Å². The highest BCUT2D eigenvalue weighted by molar-refractivity contribution is 6.27. The maximum absolute atomic E-state index is 6.56. The van der Waals surface area contributed by atoms with Gasteiger partial charge in [-0.05, 0) is 147 Å². The van der Waals surface area contributed by atoms with Crippen molar-refractivity contribution in [3.05, 3.63) is 206 Å². The molecule has 1 heteroatoms. The Balaban J connectivity index is 1.09. The van der Waals surface area contributed by atoms with Gasteiger partial charge in [0.15, 0.2) is 0 Å². The van der Waals surface area contributed by atoms with Crippen LogP contribution in [0.3, 0.4) is 0 Å². The third-order valence-electron chi connectivity index (χ3n) is 12.0. The molecule has 0 bridgehead atoms. The Morgan fingerprint density at radius 1 is 0.228 bits per heavy atom. The molecule has 57 heavy (non-hydrogen) atoms. The van der Waals surface area contributed by atoms with E-state index in [2.05, 4.69) is 206 Å². The van der Waals surface area contributed by atoms with E-state index >= 15 is 0 Å². The van der Waals surface area contributed by atoms with Gasteiger partial charge in [-0.3, -0.25) is 0 Å². The third kappa shape index (κ3) is 5.10. The van der Waals surface area contributed by atoms with Crippen LogP contribution in [0.5, 0.6) is 11.5 Å². The second-order valence-electron chi connectivity index (χ2n) is 15.2. The van der Waals surface area contributed by atoms with Gasteiger partial charge in [0.2, 0.25) is 0 Å². The summed E-state index contributed by atoms with van der Waals surface area (Å²) >= 11 is 0. The number of hydrogen-bond donors (Lipinski definition) is 0. The van der Waals surface area contributed by atoms with Crippen LogP contribution >= 0.6 is 0 Å². The highest BCUT2D eigenvalue weighted by atomic mass is 16.5. The quantitative estimate of drug-likeness (QED) is 0.161. The predicted octanol–water partition coefficient (Wildman–Crippen LogP) is 15.8. The van der Waals surface area contributed by atoms with Crippen molar-refractivity contribution in [2.75, 3.05) is 0 Å². The molecule has 1 heterocycles. The zero-order valence-corrected chi connectivity index (χ0v) is 31.0. The van der Waals surface area contributed by atoms with E-state index in [0.29, 0.717) is 0 Å². The lowest BCUT2D eigenvalue weighted by Gasteiger charge is -2.23. The van der Waals surface area contributed by atoms with Crippen LogP contribution in [0, 0.1) is 0 Å². The maximum atomic E-state index is 6.56. The molecule has 0 aromatic heterocycles. The molecule has 12 rings (SSSR count). The van der Waals surface area contributed by atoms with Gasteiger partial charge in [0.1, 0.15) is 11.5 Å². The predicted molar refractivity (Wildman–Crippen MR) is 240 cm³/mol. The van der Waals surface area contributed by atoms with Gasteiger partial charge in [-0.1, -0.05) is 158 Å². The molecule has 1 nitrogen and oxygen atoms in total. The van der Waals surface area contributed by atoms with E-state index in [-0.39, 0.29) is 0 Å². The van der Waals surface area contributed by atoms with Crippen LogP contribution < -0.4 is 4.74 Å². The molecule has 1 aliphatic rings. The number of rotatable bonds is 5. The lowest BCUT2D eigenvalue weighted by Crippen LogP contribution is -1.98. The molecule has 0 radical (unpaired) electrons. The van der Waals surface area contributed by atoms with Gasteiger partial charge >= 0.3 is 0 Å². The lowest BCUT2D eigenvalue weighted by atomic mass is 9.85. The average molecular weight is 723 g/mol. The van der Waals surface area contributed by atoms with Gasteiger partial charge in [0.25, 0.3) is 0 Å². The number of fused-ring (bicyclic) bond motifs is 2. The zero-order valence-electron chi connectivity index (χ0n) is 31.0. The Bertz CT molecular complexity index is 3340. The standard InChI is InChI=1S/C56H34O/c1-4-11-35(12-5-1)40-23-28-52-50(33-40)51-34-44(29-41-17-10-18-53(57-52)54(41)51)43-30-42(36-13-6-2-7-14-36)31-45(32-43)47-25-20-39-21-26-48-46(37-15-8-3-9-16-37)24-19-38-22-27-49(47)56(39)55(38)48/h1-34H. The first kappa shape index (κ1) is 31.8. The summed E-state index contributed by atoms with van der Waals surface area (Å²) in [4.78, 5) is 0. The van der Waals surface area contributed by atoms with Crippen molar-refractivity contribution in [3.63, 3.8) is 0 Å². The number of hydrogen-bond acceptors (Lipinski definition) is 1. The number of benzene rings is 11. The maximum Gasteiger partial charge on any atom is 0.135 e. The molecule has 11 aromatic rings. The molecule has 0 spiro atoms. The summed E-state index contributed by atoms with van der Waals surface area (Å²) in [7, 11) is 0. The summed E-state index contributed by atoms with van der Waals surface area (Å²) in [6.45, 7) is 0. The van der Waals surface area contributed by atoms with Crippen molar-refractivity contribution in [3.8, 4) is 78.3 Å². The van der Waals surface area contributed by atoms with E-state index < -0.39 is 0 Å². The van der Waals surface area contributed by atoms with Gasteiger partial charge < -0.3 is 4.74 Å². The summed E-state index contributed by atoms with van der Waals surface area (Å²) in [6.07, 6.45) is 0. The minimum atomic E-state index is 0.884. The molecule has 0 saturated heterocycles. The fraction of sp³-hybridized carbons (Fsp3) is 0. The summed E-state index contributed by atoms with van der Waals surface area (Å²) in [6, 6.07) is 75.4. The average Bonchev–Trinajstić information content (AvgIpc) is 3.28. The van der Waals surface area contributed by atoms with Crippen LogP contribution in [-0.4, -0.2) is 0 Å². The molecule has 0 fully saturated rings. The summed E-state index contributed by atoms with van der Waals surface area (Å²) in [5, 5.41) is 10.0. The smallest absolute Gasteiger partial charge is 0.135 e. The molecule has 1 aliphatic heterocycles. The Morgan fingerprint density at radius 2 is 0.754 bits per heavy atom. The fourth-order valence-corrected chi connectivity index (χ4v) is 9.28. The molecule has 11 aromatic carbocycles. The Hall–Kier alpha value is -7.48. The zero-order chi connectivity index (χ0) is 37.5. The van der Waals surface area contributed by atoms with E-state index in [9.17, 15) is 0 Å². The molecular weight excluding hydrogens is 689 g/mol. The topological polar surface area (TPSA) is 9.23 Å². The first-order chi connectivity index (χ1) is 28.2. The molecule has 0 saturated carbocycles. The van der Waals surface area contributed by atoms with Gasteiger partial charge in [-0.25, -0.2) is 0 Å². The summed E-state index contributed by atoms with van der Waals surface area (Å²) in [5.41, 5.74) is 14.4. The SMILES string of the molecule is c1ccc(-c2cc(-c3cc4c5c(cccc5c3)Oc3ccc(-c5ccccc5)cc3-4)cc(-c3ccc4ccc5c(-c6ccccc6)ccc6ccc3c4c65)c2)cc1. The lowest BCUT2D eigenvalue weighted by molar-refractivity contribution is 0.487. The monoisotopic (exact) mass is 722 g/mol. The molecule has 264 valence electrons. The van der Waals surface area contributed by atoms with E-state index in [1.54, 1.807) is 0 Å². The van der Waals surface area contributed by atoms with E-state index in [4.69, 9.17) is 4.74 Å². The van der Waals surface area contributed by atoms with Crippen LogP contribution in [0.4, 0.5) is 0 Å². The second-order valence-corrected chi connectivity index (χ2v) is 15.2. The molecule has 0 N–H and O–H groups in total. The molecule has 0 atom stereocenters. The highest BCUT2D eigenvalue weighted by Crippen LogP contribution is 2.50. The van der Waals surface area contributed by atoms with Crippen LogP contribution in [0.15, 0.2) is 206 Å². The highest BCUT2D eigenvalue weighted by Gasteiger charge is 2.23. The van der Waals surface area contributed by atoms with Crippen LogP contribution in [0.1, 0.15) is 0 Å². The van der Waals surface area contributed by atoms with Gasteiger partial charge in [-0.2, -0.15) is 0 Å². The first-order valence-electron chi connectivity index (χ1n) is 19.7. The minimum Gasteiger partial charge on any atom is -0.456 e. The minimum absolute atomic E-state index is 0.884. The van der Waals surface area contributed by atoms with E-state index in [0.717, 1.165) is 22.4 Å². The van der Waals surface area contributed by atoms with Gasteiger partial charge in [0.05, 0.1) is 0 Å². The van der Waals surface area contributed by atoms with E-state index in [1.165, 1.54) is 98.9 Å². The van der Waals surface area contributed by atoms with Crippen LogP contribution in [0.25, 0.3) is 110 Å². The largest absolute Gasteiger partial charge is 0.456 e. The van der Waals surface area contributed by atoms with Gasteiger partial charge in [-0.15, -0.1) is 0 Å². The van der Waals surface area contributed by atoms with Crippen molar-refractivity contribution in [1.82, 2.24) is 0 Å². The summed E-state index contributed by atoms with van der Waals surface area (Å²) < 4.78 is 6.56. The normalized spacial score (nSPS) is 12.0. The van der Waals surface area contributed by atoms with E-state index in [1.807, 2.05) is 0 Å². The van der Waals surface area contributed by atoms with Crippen molar-refractivity contribution in [2.45, 2.75) is 0 Å². The second kappa shape index (κ2) is 12.5. The van der Waals surface area contributed by atoms with Crippen molar-refractivity contribution >= 4 is 43.1 Å². The Kier molecular flexibility index (Phi) is 7.00. The van der Waals surface area contributed by atoms with Crippen LogP contribution in [-0.2, 0) is 0 Å². The molecule has 0 amide bonds. The van der Waals surface area contributed by atoms with Crippen molar-refractivity contribution < 1.29 is 4.74 Å². The third-order valence-corrected chi connectivity index (χ3v) is 12.0. The number of ether oxygens (including phenoxy) is 1. The Morgan fingerprint density at radius 3 is 1.42 bits per heavy atom. The Labute approximate surface area is 331 Å². The summed E-state index contributed by atoms with van der Waals surface area (Å²) in [5.74, 6) is 1.78. The molecular formula is C56H34O.